The number of amides is 2. The van der Waals surface area contributed by atoms with Crippen molar-refractivity contribution in [1.29, 1.82) is 0 Å². The number of nitrogens with one attached hydrogen (secondary N) is 1. The molecule has 5 heteroatoms. The second-order valence-corrected chi connectivity index (χ2v) is 5.71. The lowest BCUT2D eigenvalue weighted by atomic mass is 10.1. The minimum Gasteiger partial charge on any atom is -0.376 e. The summed E-state index contributed by atoms with van der Waals surface area (Å²) in [4.78, 5) is 13.8. The van der Waals surface area contributed by atoms with E-state index in [0.29, 0.717) is 11.6 Å². The largest absolute Gasteiger partial charge is 0.376 e. The molecule has 0 aliphatic carbocycles. The number of carbonyl (C=O) groups is 1. The van der Waals surface area contributed by atoms with E-state index in [9.17, 15) is 4.79 Å². The molecule has 20 heavy (non-hydrogen) atoms. The molecule has 1 aromatic carbocycles. The van der Waals surface area contributed by atoms with E-state index in [1.165, 1.54) is 0 Å². The third kappa shape index (κ3) is 4.12. The van der Waals surface area contributed by atoms with Crippen LogP contribution in [0, 0.1) is 0 Å². The second-order valence-electron chi connectivity index (χ2n) is 5.28. The molecular formula is C15H21ClN2O2. The molecule has 0 bridgehead atoms. The molecule has 2 amide bonds. The second kappa shape index (κ2) is 6.95. The maximum Gasteiger partial charge on any atom is 0.317 e. The Morgan fingerprint density at radius 2 is 2.40 bits per heavy atom. The van der Waals surface area contributed by atoms with Gasteiger partial charge in [-0.1, -0.05) is 23.7 Å². The standard InChI is InChI=1S/C15H21ClN2O2/c1-11(14-7-4-8-20-14)17-15(19)18(2)10-12-5-3-6-13(16)9-12/h3,5-6,9,11,14H,4,7-8,10H2,1-2H3,(H,17,19). The highest BCUT2D eigenvalue weighted by Crippen LogP contribution is 2.16. The van der Waals surface area contributed by atoms with Crippen molar-refractivity contribution in [3.63, 3.8) is 0 Å². The minimum absolute atomic E-state index is 0.0341. The average molecular weight is 297 g/mol. The molecule has 1 heterocycles. The van der Waals surface area contributed by atoms with Gasteiger partial charge in [0.1, 0.15) is 0 Å². The van der Waals surface area contributed by atoms with Crippen molar-refractivity contribution in [3.05, 3.63) is 34.9 Å². The molecule has 4 nitrogen and oxygen atoms in total. The highest BCUT2D eigenvalue weighted by Gasteiger charge is 2.24. The lowest BCUT2D eigenvalue weighted by Crippen LogP contribution is -2.46. The van der Waals surface area contributed by atoms with Gasteiger partial charge >= 0.3 is 6.03 Å². The van der Waals surface area contributed by atoms with Crippen LogP contribution in [0.1, 0.15) is 25.3 Å². The fourth-order valence-corrected chi connectivity index (χ4v) is 2.59. The van der Waals surface area contributed by atoms with Crippen molar-refractivity contribution in [1.82, 2.24) is 10.2 Å². The van der Waals surface area contributed by atoms with Crippen LogP contribution in [0.25, 0.3) is 0 Å². The van der Waals surface area contributed by atoms with Gasteiger partial charge in [-0.15, -0.1) is 0 Å². The Morgan fingerprint density at radius 3 is 3.05 bits per heavy atom. The zero-order valence-corrected chi connectivity index (χ0v) is 12.7. The topological polar surface area (TPSA) is 41.6 Å². The van der Waals surface area contributed by atoms with Crippen LogP contribution in [0.4, 0.5) is 4.79 Å². The van der Waals surface area contributed by atoms with Gasteiger partial charge in [-0.05, 0) is 37.5 Å². The molecule has 1 fully saturated rings. The Morgan fingerprint density at radius 1 is 1.60 bits per heavy atom. The van der Waals surface area contributed by atoms with E-state index in [-0.39, 0.29) is 18.2 Å². The van der Waals surface area contributed by atoms with E-state index < -0.39 is 0 Å². The van der Waals surface area contributed by atoms with E-state index in [1.807, 2.05) is 31.2 Å². The molecule has 1 saturated heterocycles. The van der Waals surface area contributed by atoms with Gasteiger partial charge < -0.3 is 15.0 Å². The minimum atomic E-state index is -0.0898. The Kier molecular flexibility index (Phi) is 5.26. The molecule has 0 aromatic heterocycles. The molecule has 0 spiro atoms. The number of nitrogens with zero attached hydrogens (tertiary/aromatic N) is 1. The van der Waals surface area contributed by atoms with Crippen molar-refractivity contribution in [2.24, 2.45) is 0 Å². The average Bonchev–Trinajstić information content (AvgIpc) is 2.92. The maximum absolute atomic E-state index is 12.1. The molecule has 1 aliphatic rings. The van der Waals surface area contributed by atoms with E-state index in [0.717, 1.165) is 25.0 Å². The number of hydrogen-bond acceptors (Lipinski definition) is 2. The lowest BCUT2D eigenvalue weighted by Gasteiger charge is -2.24. The summed E-state index contributed by atoms with van der Waals surface area (Å²) >= 11 is 5.94. The quantitative estimate of drug-likeness (QED) is 0.928. The highest BCUT2D eigenvalue weighted by atomic mass is 35.5. The SMILES string of the molecule is CC(NC(=O)N(C)Cc1cccc(Cl)c1)C1CCCO1. The Labute approximate surface area is 125 Å². The van der Waals surface area contributed by atoms with Crippen molar-refractivity contribution < 1.29 is 9.53 Å². The van der Waals surface area contributed by atoms with Crippen molar-refractivity contribution in [2.45, 2.75) is 38.5 Å². The normalized spacial score (nSPS) is 19.6. The molecular weight excluding hydrogens is 276 g/mol. The van der Waals surface area contributed by atoms with Crippen LogP contribution in [0.15, 0.2) is 24.3 Å². The number of benzene rings is 1. The van der Waals surface area contributed by atoms with Crippen LogP contribution < -0.4 is 5.32 Å². The van der Waals surface area contributed by atoms with Crippen molar-refractivity contribution >= 4 is 17.6 Å². The fraction of sp³-hybridized carbons (Fsp3) is 0.533. The van der Waals surface area contributed by atoms with E-state index >= 15 is 0 Å². The summed E-state index contributed by atoms with van der Waals surface area (Å²) in [6.45, 7) is 3.31. The van der Waals surface area contributed by atoms with Crippen LogP contribution in [0.2, 0.25) is 5.02 Å². The zero-order valence-electron chi connectivity index (χ0n) is 11.9. The summed E-state index contributed by atoms with van der Waals surface area (Å²) in [6, 6.07) is 7.48. The molecule has 0 saturated carbocycles. The van der Waals surface area contributed by atoms with Crippen LogP contribution in [-0.4, -0.2) is 36.7 Å². The molecule has 110 valence electrons. The zero-order chi connectivity index (χ0) is 14.5. The molecule has 2 unspecified atom stereocenters. The van der Waals surface area contributed by atoms with Gasteiger partial charge in [-0.3, -0.25) is 0 Å². The Balaban J connectivity index is 1.85. The van der Waals surface area contributed by atoms with E-state index in [1.54, 1.807) is 11.9 Å². The van der Waals surface area contributed by atoms with Crippen molar-refractivity contribution in [3.8, 4) is 0 Å². The summed E-state index contributed by atoms with van der Waals surface area (Å²) in [5.74, 6) is 0. The third-order valence-electron chi connectivity index (χ3n) is 3.53. The monoisotopic (exact) mass is 296 g/mol. The summed E-state index contributed by atoms with van der Waals surface area (Å²) in [5.41, 5.74) is 1.01. The summed E-state index contributed by atoms with van der Waals surface area (Å²) in [7, 11) is 1.78. The van der Waals surface area contributed by atoms with Gasteiger partial charge in [0.05, 0.1) is 12.1 Å². The highest BCUT2D eigenvalue weighted by molar-refractivity contribution is 6.30. The maximum atomic E-state index is 12.1. The first-order valence-electron chi connectivity index (χ1n) is 6.94. The fourth-order valence-electron chi connectivity index (χ4n) is 2.38. The van der Waals surface area contributed by atoms with Crippen LogP contribution >= 0.6 is 11.6 Å². The van der Waals surface area contributed by atoms with Gasteiger partial charge in [-0.2, -0.15) is 0 Å². The summed E-state index contributed by atoms with van der Waals surface area (Å²) < 4.78 is 5.58. The third-order valence-corrected chi connectivity index (χ3v) is 3.76. The number of carbonyl (C=O) groups excluding carboxylic acids is 1. The van der Waals surface area contributed by atoms with Gasteiger partial charge in [0.2, 0.25) is 0 Å². The lowest BCUT2D eigenvalue weighted by molar-refractivity contribution is 0.0838. The number of halogens is 1. The molecule has 0 radical (unpaired) electrons. The van der Waals surface area contributed by atoms with Gasteiger partial charge in [0.25, 0.3) is 0 Å². The van der Waals surface area contributed by atoms with E-state index in [4.69, 9.17) is 16.3 Å². The predicted molar refractivity (Wildman–Crippen MR) is 79.9 cm³/mol. The first-order valence-corrected chi connectivity index (χ1v) is 7.32. The van der Waals surface area contributed by atoms with Gasteiger partial charge in [0, 0.05) is 25.2 Å². The smallest absolute Gasteiger partial charge is 0.317 e. The molecule has 1 aliphatic heterocycles. The summed E-state index contributed by atoms with van der Waals surface area (Å²) in [5, 5.41) is 3.67. The first-order chi connectivity index (χ1) is 9.56. The van der Waals surface area contributed by atoms with Crippen molar-refractivity contribution in [2.75, 3.05) is 13.7 Å². The van der Waals surface area contributed by atoms with Gasteiger partial charge in [-0.25, -0.2) is 4.79 Å². The van der Waals surface area contributed by atoms with Crippen LogP contribution in [-0.2, 0) is 11.3 Å². The summed E-state index contributed by atoms with van der Waals surface area (Å²) in [6.07, 6.45) is 2.22. The molecule has 2 rings (SSSR count). The number of urea groups is 1. The number of hydrogen-bond donors (Lipinski definition) is 1. The van der Waals surface area contributed by atoms with E-state index in [2.05, 4.69) is 5.32 Å². The Hall–Kier alpha value is -1.26. The molecule has 1 aromatic rings. The van der Waals surface area contributed by atoms with Crippen LogP contribution in [0.5, 0.6) is 0 Å². The van der Waals surface area contributed by atoms with Gasteiger partial charge in [0.15, 0.2) is 0 Å². The van der Waals surface area contributed by atoms with Crippen LogP contribution in [0.3, 0.4) is 0 Å². The molecule has 1 N–H and O–H groups in total. The Bertz CT molecular complexity index is 461. The predicted octanol–water partition coefficient (Wildman–Crippen LogP) is 3.05. The number of rotatable bonds is 4. The first kappa shape index (κ1) is 15.1. The molecule has 2 atom stereocenters. The number of ether oxygens (including phenoxy) is 1.